The van der Waals surface area contributed by atoms with Crippen molar-refractivity contribution in [3.63, 3.8) is 0 Å². The number of thioether (sulfide) groups is 1. The summed E-state index contributed by atoms with van der Waals surface area (Å²) in [6.07, 6.45) is 2.87. The lowest BCUT2D eigenvalue weighted by Gasteiger charge is -2.24. The Labute approximate surface area is 129 Å². The fraction of sp³-hybridized carbons (Fsp3) is 0.667. The Balaban J connectivity index is 2.99. The second kappa shape index (κ2) is 7.31. The summed E-state index contributed by atoms with van der Waals surface area (Å²) in [5, 5.41) is 0. The Morgan fingerprint density at radius 3 is 2.63 bits per heavy atom. The van der Waals surface area contributed by atoms with Gasteiger partial charge in [0.05, 0.1) is 10.8 Å². The molecule has 0 bridgehead atoms. The highest BCUT2D eigenvalue weighted by molar-refractivity contribution is 7.98. The molecule has 1 heterocycles. The highest BCUT2D eigenvalue weighted by atomic mass is 35.5. The van der Waals surface area contributed by atoms with E-state index in [9.17, 15) is 8.42 Å². The van der Waals surface area contributed by atoms with E-state index in [-0.39, 0.29) is 6.04 Å². The van der Waals surface area contributed by atoms with Gasteiger partial charge in [-0.1, -0.05) is 0 Å². The van der Waals surface area contributed by atoms with Crippen molar-refractivity contribution in [3.05, 3.63) is 15.8 Å². The maximum atomic E-state index is 12.6. The van der Waals surface area contributed by atoms with Crippen LogP contribution in [0.4, 0.5) is 0 Å². The Bertz CT molecular complexity index is 513. The van der Waals surface area contributed by atoms with Crippen LogP contribution in [-0.2, 0) is 15.9 Å². The fourth-order valence-electron chi connectivity index (χ4n) is 1.71. The van der Waals surface area contributed by atoms with Gasteiger partial charge in [0.15, 0.2) is 0 Å². The van der Waals surface area contributed by atoms with E-state index >= 15 is 0 Å². The lowest BCUT2D eigenvalue weighted by atomic mass is 10.3. The molecule has 0 aromatic carbocycles. The number of hydrogen-bond acceptors (Lipinski definition) is 4. The van der Waals surface area contributed by atoms with Crippen LogP contribution in [0.3, 0.4) is 0 Å². The molecule has 0 aliphatic carbocycles. The molecule has 1 unspecified atom stereocenters. The summed E-state index contributed by atoms with van der Waals surface area (Å²) in [5.74, 6) is 1.31. The third-order valence-corrected chi connectivity index (χ3v) is 7.44. The largest absolute Gasteiger partial charge is 0.244 e. The first-order valence-corrected chi connectivity index (χ1v) is 10.1. The van der Waals surface area contributed by atoms with Crippen LogP contribution in [0.15, 0.2) is 11.0 Å². The third kappa shape index (κ3) is 4.11. The Kier molecular flexibility index (Phi) is 6.66. The number of thiophene rings is 1. The van der Waals surface area contributed by atoms with Crippen molar-refractivity contribution in [2.75, 3.05) is 19.1 Å². The van der Waals surface area contributed by atoms with Crippen LogP contribution in [0.25, 0.3) is 0 Å². The molecule has 1 aromatic heterocycles. The van der Waals surface area contributed by atoms with Crippen LogP contribution < -0.4 is 0 Å². The molecule has 7 heteroatoms. The SMILES string of the molecule is CSCCC(C)N(C)S(=O)(=O)c1cc(CCl)sc1C. The lowest BCUT2D eigenvalue weighted by Crippen LogP contribution is -2.35. The average Bonchev–Trinajstić information content (AvgIpc) is 2.76. The number of sulfonamides is 1. The van der Waals surface area contributed by atoms with E-state index in [4.69, 9.17) is 11.6 Å². The monoisotopic (exact) mass is 341 g/mol. The van der Waals surface area contributed by atoms with E-state index in [1.54, 1.807) is 24.9 Å². The van der Waals surface area contributed by atoms with Crippen molar-refractivity contribution in [2.45, 2.75) is 37.1 Å². The predicted molar refractivity (Wildman–Crippen MR) is 86.0 cm³/mol. The van der Waals surface area contributed by atoms with Crippen LogP contribution in [-0.4, -0.2) is 37.8 Å². The second-order valence-electron chi connectivity index (χ2n) is 4.42. The molecule has 0 N–H and O–H groups in total. The number of hydrogen-bond donors (Lipinski definition) is 0. The molecule has 0 radical (unpaired) electrons. The minimum Gasteiger partial charge on any atom is -0.207 e. The van der Waals surface area contributed by atoms with Crippen molar-refractivity contribution in [1.82, 2.24) is 4.31 Å². The molecule has 0 saturated heterocycles. The van der Waals surface area contributed by atoms with Gasteiger partial charge in [-0.2, -0.15) is 16.1 Å². The first kappa shape index (κ1) is 17.3. The van der Waals surface area contributed by atoms with Crippen LogP contribution >= 0.6 is 34.7 Å². The van der Waals surface area contributed by atoms with E-state index in [0.717, 1.165) is 21.9 Å². The van der Waals surface area contributed by atoms with E-state index in [1.807, 2.05) is 20.1 Å². The number of alkyl halides is 1. The zero-order valence-corrected chi connectivity index (χ0v) is 14.8. The molecule has 0 saturated carbocycles. The van der Waals surface area contributed by atoms with Gasteiger partial charge in [0.25, 0.3) is 0 Å². The van der Waals surface area contributed by atoms with E-state index < -0.39 is 10.0 Å². The first-order valence-electron chi connectivity index (χ1n) is 5.96. The summed E-state index contributed by atoms with van der Waals surface area (Å²) < 4.78 is 26.6. The zero-order chi connectivity index (χ0) is 14.6. The quantitative estimate of drug-likeness (QED) is 0.712. The highest BCUT2D eigenvalue weighted by Crippen LogP contribution is 2.29. The average molecular weight is 342 g/mol. The summed E-state index contributed by atoms with van der Waals surface area (Å²) in [7, 11) is -1.76. The summed E-state index contributed by atoms with van der Waals surface area (Å²) in [6.45, 7) is 3.77. The summed E-state index contributed by atoms with van der Waals surface area (Å²) >= 11 is 8.95. The Morgan fingerprint density at radius 2 is 2.16 bits per heavy atom. The van der Waals surface area contributed by atoms with Gasteiger partial charge in [-0.15, -0.1) is 22.9 Å². The maximum absolute atomic E-state index is 12.6. The standard InChI is InChI=1S/C12H20ClNO2S3/c1-9(5-6-17-4)14(3)19(15,16)12-7-11(8-13)18-10(12)2/h7,9H,5-6,8H2,1-4H3. The number of aryl methyl sites for hydroxylation is 1. The summed E-state index contributed by atoms with van der Waals surface area (Å²) in [5.41, 5.74) is 0. The number of nitrogens with zero attached hydrogens (tertiary/aromatic N) is 1. The fourth-order valence-corrected chi connectivity index (χ4v) is 5.37. The van der Waals surface area contributed by atoms with Crippen LogP contribution in [0.1, 0.15) is 23.1 Å². The van der Waals surface area contributed by atoms with Crippen LogP contribution in [0.2, 0.25) is 0 Å². The van der Waals surface area contributed by atoms with Crippen molar-refractivity contribution in [3.8, 4) is 0 Å². The van der Waals surface area contributed by atoms with Gasteiger partial charge in [0.1, 0.15) is 0 Å². The molecule has 1 aromatic rings. The smallest absolute Gasteiger partial charge is 0.207 e. The van der Waals surface area contributed by atoms with Crippen LogP contribution in [0, 0.1) is 6.92 Å². The van der Waals surface area contributed by atoms with E-state index in [1.165, 1.54) is 15.6 Å². The Hall–Kier alpha value is 0.250. The van der Waals surface area contributed by atoms with Crippen molar-refractivity contribution in [1.29, 1.82) is 0 Å². The molecule has 1 atom stereocenters. The van der Waals surface area contributed by atoms with Crippen LogP contribution in [0.5, 0.6) is 0 Å². The second-order valence-corrected chi connectivity index (χ2v) is 8.98. The predicted octanol–water partition coefficient (Wildman–Crippen LogP) is 3.56. The maximum Gasteiger partial charge on any atom is 0.244 e. The normalized spacial score (nSPS) is 14.0. The van der Waals surface area contributed by atoms with Gasteiger partial charge in [-0.25, -0.2) is 8.42 Å². The first-order chi connectivity index (χ1) is 8.84. The van der Waals surface area contributed by atoms with Gasteiger partial charge < -0.3 is 0 Å². The lowest BCUT2D eigenvalue weighted by molar-refractivity contribution is 0.382. The van der Waals surface area contributed by atoms with Gasteiger partial charge in [0, 0.05) is 22.8 Å². The summed E-state index contributed by atoms with van der Waals surface area (Å²) in [6, 6.07) is 1.69. The van der Waals surface area contributed by atoms with Gasteiger partial charge in [0.2, 0.25) is 10.0 Å². The number of rotatable bonds is 7. The van der Waals surface area contributed by atoms with E-state index in [2.05, 4.69) is 0 Å². The molecular weight excluding hydrogens is 322 g/mol. The molecule has 3 nitrogen and oxygen atoms in total. The molecule has 0 aliphatic rings. The molecule has 110 valence electrons. The van der Waals surface area contributed by atoms with Gasteiger partial charge in [-0.3, -0.25) is 0 Å². The molecule has 0 spiro atoms. The van der Waals surface area contributed by atoms with Crippen molar-refractivity contribution >= 4 is 44.7 Å². The molecule has 0 amide bonds. The van der Waals surface area contributed by atoms with E-state index in [0.29, 0.717) is 10.8 Å². The van der Waals surface area contributed by atoms with Crippen molar-refractivity contribution < 1.29 is 8.42 Å². The minimum absolute atomic E-state index is 0.00352. The van der Waals surface area contributed by atoms with Gasteiger partial charge in [-0.05, 0) is 38.3 Å². The summed E-state index contributed by atoms with van der Waals surface area (Å²) in [4.78, 5) is 2.09. The zero-order valence-electron chi connectivity index (χ0n) is 11.6. The third-order valence-electron chi connectivity index (χ3n) is 3.07. The molecule has 1 rings (SSSR count). The van der Waals surface area contributed by atoms with Gasteiger partial charge >= 0.3 is 0 Å². The topological polar surface area (TPSA) is 37.4 Å². The molecular formula is C12H20ClNO2S3. The highest BCUT2D eigenvalue weighted by Gasteiger charge is 2.28. The Morgan fingerprint density at radius 1 is 1.53 bits per heavy atom. The minimum atomic E-state index is -3.41. The molecule has 19 heavy (non-hydrogen) atoms. The molecule has 0 aliphatic heterocycles. The molecule has 0 fully saturated rings. The van der Waals surface area contributed by atoms with Crippen molar-refractivity contribution in [2.24, 2.45) is 0 Å². The number of halogens is 1.